The number of nitrogens with two attached hydrogens (primary N) is 1. The van der Waals surface area contributed by atoms with Crippen LogP contribution in [-0.4, -0.2) is 45.9 Å². The number of nitro groups is 1. The summed E-state index contributed by atoms with van der Waals surface area (Å²) in [6.45, 7) is -0.365. The first-order valence-electron chi connectivity index (χ1n) is 6.89. The van der Waals surface area contributed by atoms with Crippen LogP contribution in [0.4, 0.5) is 5.69 Å². The minimum absolute atomic E-state index is 0.0774. The SMILES string of the molecule is NCC(O)CN1C(=O)c2cccc3cc([N+](=O)[O-])cc(c23)C1=O. The number of aliphatic hydroxyl groups excluding tert-OH is 1. The van der Waals surface area contributed by atoms with Crippen molar-refractivity contribution >= 4 is 28.3 Å². The molecular weight excluding hydrogens is 302 g/mol. The van der Waals surface area contributed by atoms with E-state index < -0.39 is 22.8 Å². The number of hydrogen-bond acceptors (Lipinski definition) is 6. The molecule has 8 nitrogen and oxygen atoms in total. The highest BCUT2D eigenvalue weighted by Crippen LogP contribution is 2.33. The average Bonchev–Trinajstić information content (AvgIpc) is 2.55. The summed E-state index contributed by atoms with van der Waals surface area (Å²) in [4.78, 5) is 36.4. The number of β-amino-alcohol motifs (C(OH)–C–C–N with tert-alkyl or cyclic N) is 1. The van der Waals surface area contributed by atoms with E-state index in [0.717, 1.165) is 11.0 Å². The van der Waals surface area contributed by atoms with Gasteiger partial charge in [0.25, 0.3) is 17.5 Å². The van der Waals surface area contributed by atoms with Crippen molar-refractivity contribution < 1.29 is 19.6 Å². The summed E-state index contributed by atoms with van der Waals surface area (Å²) in [6.07, 6.45) is -1.05. The molecule has 3 N–H and O–H groups in total. The lowest BCUT2D eigenvalue weighted by atomic mass is 9.93. The lowest BCUT2D eigenvalue weighted by Gasteiger charge is -2.28. The highest BCUT2D eigenvalue weighted by Gasteiger charge is 2.35. The molecule has 0 saturated heterocycles. The van der Waals surface area contributed by atoms with E-state index in [9.17, 15) is 24.8 Å². The highest BCUT2D eigenvalue weighted by atomic mass is 16.6. The van der Waals surface area contributed by atoms with Gasteiger partial charge in [-0.05, 0) is 11.5 Å². The van der Waals surface area contributed by atoms with Crippen molar-refractivity contribution in [2.24, 2.45) is 5.73 Å². The van der Waals surface area contributed by atoms with Crippen LogP contribution in [0.25, 0.3) is 10.8 Å². The molecular formula is C15H13N3O5. The molecule has 0 radical (unpaired) electrons. The van der Waals surface area contributed by atoms with E-state index in [-0.39, 0.29) is 29.9 Å². The molecule has 0 saturated carbocycles. The second-order valence-corrected chi connectivity index (χ2v) is 5.26. The Hall–Kier alpha value is -2.84. The number of rotatable bonds is 4. The van der Waals surface area contributed by atoms with Gasteiger partial charge >= 0.3 is 0 Å². The number of carbonyl (C=O) groups is 2. The van der Waals surface area contributed by atoms with Crippen LogP contribution in [0.3, 0.4) is 0 Å². The van der Waals surface area contributed by atoms with Gasteiger partial charge in [0.2, 0.25) is 0 Å². The fourth-order valence-electron chi connectivity index (χ4n) is 2.70. The van der Waals surface area contributed by atoms with Crippen LogP contribution in [0.5, 0.6) is 0 Å². The molecule has 3 rings (SSSR count). The molecule has 0 bridgehead atoms. The normalized spacial score (nSPS) is 15.1. The molecule has 0 fully saturated rings. The molecule has 1 aliphatic rings. The third kappa shape index (κ3) is 2.33. The lowest BCUT2D eigenvalue weighted by molar-refractivity contribution is -0.384. The monoisotopic (exact) mass is 315 g/mol. The molecule has 2 aromatic rings. The molecule has 2 amide bonds. The minimum atomic E-state index is -1.05. The number of hydrogen-bond donors (Lipinski definition) is 2. The van der Waals surface area contributed by atoms with Crippen molar-refractivity contribution in [1.29, 1.82) is 0 Å². The Labute approximate surface area is 130 Å². The van der Waals surface area contributed by atoms with E-state index in [1.54, 1.807) is 18.2 Å². The number of nitro benzene ring substituents is 1. The minimum Gasteiger partial charge on any atom is -0.390 e. The summed E-state index contributed by atoms with van der Waals surface area (Å²) in [5.41, 5.74) is 5.45. The second kappa shape index (κ2) is 5.41. The first-order valence-corrected chi connectivity index (χ1v) is 6.89. The first-order chi connectivity index (χ1) is 10.9. The molecule has 0 aromatic heterocycles. The first kappa shape index (κ1) is 15.1. The molecule has 118 valence electrons. The Morgan fingerprint density at radius 3 is 2.57 bits per heavy atom. The van der Waals surface area contributed by atoms with Crippen molar-refractivity contribution in [3.05, 3.63) is 51.6 Å². The van der Waals surface area contributed by atoms with Crippen molar-refractivity contribution in [3.63, 3.8) is 0 Å². The summed E-state index contributed by atoms with van der Waals surface area (Å²) in [7, 11) is 0. The van der Waals surface area contributed by atoms with Crippen molar-refractivity contribution in [3.8, 4) is 0 Å². The lowest BCUT2D eigenvalue weighted by Crippen LogP contribution is -2.46. The maximum absolute atomic E-state index is 12.6. The van der Waals surface area contributed by atoms with Crippen LogP contribution in [0.2, 0.25) is 0 Å². The van der Waals surface area contributed by atoms with Crippen LogP contribution >= 0.6 is 0 Å². The standard InChI is InChI=1S/C15H13N3O5/c16-6-10(19)7-17-14(20)11-3-1-2-8-4-9(18(22)23)5-12(13(8)11)15(17)21/h1-5,10,19H,6-7,16H2. The van der Waals surface area contributed by atoms with E-state index >= 15 is 0 Å². The number of non-ortho nitro benzene ring substituents is 1. The van der Waals surface area contributed by atoms with E-state index in [1.807, 2.05) is 0 Å². The van der Waals surface area contributed by atoms with Gasteiger partial charge in [-0.3, -0.25) is 24.6 Å². The van der Waals surface area contributed by atoms with Gasteiger partial charge in [0.05, 0.1) is 23.1 Å². The maximum Gasteiger partial charge on any atom is 0.270 e. The fourth-order valence-corrected chi connectivity index (χ4v) is 2.70. The number of amides is 2. The second-order valence-electron chi connectivity index (χ2n) is 5.26. The van der Waals surface area contributed by atoms with E-state index in [0.29, 0.717) is 10.8 Å². The molecule has 0 aliphatic carbocycles. The molecule has 1 aliphatic heterocycles. The Morgan fingerprint density at radius 2 is 1.91 bits per heavy atom. The number of carbonyl (C=O) groups excluding carboxylic acids is 2. The summed E-state index contributed by atoms with van der Waals surface area (Å²) < 4.78 is 0. The topological polar surface area (TPSA) is 127 Å². The van der Waals surface area contributed by atoms with Gasteiger partial charge < -0.3 is 10.8 Å². The molecule has 1 atom stereocenters. The number of aliphatic hydroxyl groups is 1. The number of benzene rings is 2. The Kier molecular flexibility index (Phi) is 3.55. The number of nitrogens with zero attached hydrogens (tertiary/aromatic N) is 2. The zero-order valence-corrected chi connectivity index (χ0v) is 11.9. The average molecular weight is 315 g/mol. The molecule has 1 unspecified atom stereocenters. The molecule has 0 spiro atoms. The van der Waals surface area contributed by atoms with Gasteiger partial charge in [-0.2, -0.15) is 0 Å². The van der Waals surface area contributed by atoms with Crippen LogP contribution in [0.15, 0.2) is 30.3 Å². The zero-order chi connectivity index (χ0) is 16.7. The van der Waals surface area contributed by atoms with Crippen LogP contribution in [0, 0.1) is 10.1 Å². The van der Waals surface area contributed by atoms with Gasteiger partial charge in [0.15, 0.2) is 0 Å². The Morgan fingerprint density at radius 1 is 1.22 bits per heavy atom. The van der Waals surface area contributed by atoms with Gasteiger partial charge in [-0.15, -0.1) is 0 Å². The highest BCUT2D eigenvalue weighted by molar-refractivity contribution is 6.25. The summed E-state index contributed by atoms with van der Waals surface area (Å²) >= 11 is 0. The molecule has 1 heterocycles. The summed E-state index contributed by atoms with van der Waals surface area (Å²) in [5, 5.41) is 21.5. The van der Waals surface area contributed by atoms with Gasteiger partial charge in [0.1, 0.15) is 0 Å². The Balaban J connectivity index is 2.23. The predicted octanol–water partition coefficient (Wildman–Crippen LogP) is 0.664. The van der Waals surface area contributed by atoms with Crippen molar-refractivity contribution in [1.82, 2.24) is 4.90 Å². The van der Waals surface area contributed by atoms with Crippen molar-refractivity contribution in [2.75, 3.05) is 13.1 Å². The van der Waals surface area contributed by atoms with Crippen LogP contribution in [-0.2, 0) is 0 Å². The van der Waals surface area contributed by atoms with Crippen molar-refractivity contribution in [2.45, 2.75) is 6.10 Å². The van der Waals surface area contributed by atoms with E-state index in [4.69, 9.17) is 5.73 Å². The van der Waals surface area contributed by atoms with E-state index in [1.165, 1.54) is 6.07 Å². The Bertz CT molecular complexity index is 848. The van der Waals surface area contributed by atoms with Crippen LogP contribution < -0.4 is 5.73 Å². The zero-order valence-electron chi connectivity index (χ0n) is 11.9. The summed E-state index contributed by atoms with van der Waals surface area (Å²) in [5.74, 6) is -1.22. The third-order valence-electron chi connectivity index (χ3n) is 3.79. The van der Waals surface area contributed by atoms with Crippen LogP contribution in [0.1, 0.15) is 20.7 Å². The third-order valence-corrected chi connectivity index (χ3v) is 3.79. The smallest absolute Gasteiger partial charge is 0.270 e. The molecule has 8 heteroatoms. The largest absolute Gasteiger partial charge is 0.390 e. The quantitative estimate of drug-likeness (QED) is 0.485. The van der Waals surface area contributed by atoms with Gasteiger partial charge in [0, 0.05) is 29.6 Å². The molecule has 2 aromatic carbocycles. The fraction of sp³-hybridized carbons (Fsp3) is 0.200. The molecule has 23 heavy (non-hydrogen) atoms. The van der Waals surface area contributed by atoms with E-state index in [2.05, 4.69) is 0 Å². The predicted molar refractivity (Wildman–Crippen MR) is 81.0 cm³/mol. The number of imide groups is 1. The maximum atomic E-state index is 12.6. The van der Waals surface area contributed by atoms with Gasteiger partial charge in [-0.25, -0.2) is 0 Å². The van der Waals surface area contributed by atoms with Gasteiger partial charge in [-0.1, -0.05) is 12.1 Å². The summed E-state index contributed by atoms with van der Waals surface area (Å²) in [6, 6.07) is 7.24.